The second-order valence-electron chi connectivity index (χ2n) is 3.44. The Hall–Kier alpha value is -1.33. The highest BCUT2D eigenvalue weighted by molar-refractivity contribution is 5.23. The molecule has 0 fully saturated rings. The van der Waals surface area contributed by atoms with Crippen molar-refractivity contribution in [3.8, 4) is 11.8 Å². The third kappa shape index (κ3) is 4.14. The Morgan fingerprint density at radius 3 is 2.87 bits per heavy atom. The summed E-state index contributed by atoms with van der Waals surface area (Å²) in [6.45, 7) is 5.26. The van der Waals surface area contributed by atoms with Crippen LogP contribution < -0.4 is 5.32 Å². The Labute approximate surface area is 90.7 Å². The maximum Gasteiger partial charge on any atom is 0.126 e. The summed E-state index contributed by atoms with van der Waals surface area (Å²) in [5.74, 6) is 5.68. The molecule has 0 aliphatic rings. The molecule has 0 atom stereocenters. The van der Waals surface area contributed by atoms with Crippen LogP contribution in [0.3, 0.4) is 0 Å². The number of benzene rings is 1. The summed E-state index contributed by atoms with van der Waals surface area (Å²) in [6, 6.07) is 5.19. The fourth-order valence-electron chi connectivity index (χ4n) is 1.33. The third-order valence-electron chi connectivity index (χ3n) is 2.16. The Morgan fingerprint density at radius 2 is 2.20 bits per heavy atom. The topological polar surface area (TPSA) is 12.0 Å². The summed E-state index contributed by atoms with van der Waals surface area (Å²) in [4.78, 5) is 0. The second kappa shape index (κ2) is 6.21. The van der Waals surface area contributed by atoms with Crippen molar-refractivity contribution < 1.29 is 4.39 Å². The lowest BCUT2D eigenvalue weighted by Gasteiger charge is -2.04. The zero-order valence-corrected chi connectivity index (χ0v) is 9.23. The van der Waals surface area contributed by atoms with Crippen molar-refractivity contribution >= 4 is 0 Å². The van der Waals surface area contributed by atoms with Gasteiger partial charge in [-0.05, 0) is 31.0 Å². The molecule has 1 rings (SSSR count). The Morgan fingerprint density at radius 1 is 1.40 bits per heavy atom. The van der Waals surface area contributed by atoms with Crippen molar-refractivity contribution in [2.45, 2.75) is 26.8 Å². The minimum Gasteiger partial charge on any atom is -0.312 e. The van der Waals surface area contributed by atoms with E-state index in [2.05, 4.69) is 17.2 Å². The van der Waals surface area contributed by atoms with Crippen LogP contribution in [0.15, 0.2) is 18.2 Å². The van der Waals surface area contributed by atoms with Crippen molar-refractivity contribution in [3.63, 3.8) is 0 Å². The van der Waals surface area contributed by atoms with Gasteiger partial charge in [-0.25, -0.2) is 4.39 Å². The zero-order valence-electron chi connectivity index (χ0n) is 9.23. The van der Waals surface area contributed by atoms with Crippen LogP contribution in [0.2, 0.25) is 0 Å². The molecule has 1 nitrogen and oxygen atoms in total. The summed E-state index contributed by atoms with van der Waals surface area (Å²) >= 11 is 0. The number of rotatable bonds is 4. The van der Waals surface area contributed by atoms with Crippen molar-refractivity contribution in [3.05, 3.63) is 35.1 Å². The molecule has 0 saturated carbocycles. The Bertz CT molecular complexity index is 374. The smallest absolute Gasteiger partial charge is 0.126 e. The van der Waals surface area contributed by atoms with Crippen LogP contribution in [-0.2, 0) is 6.54 Å². The first-order chi connectivity index (χ1) is 7.24. The predicted molar refractivity (Wildman–Crippen MR) is 60.9 cm³/mol. The maximum atomic E-state index is 12.9. The fourth-order valence-corrected chi connectivity index (χ4v) is 1.33. The fraction of sp³-hybridized carbons (Fsp3) is 0.385. The largest absolute Gasteiger partial charge is 0.312 e. The van der Waals surface area contributed by atoms with E-state index >= 15 is 0 Å². The van der Waals surface area contributed by atoms with E-state index in [1.807, 2.05) is 13.0 Å². The van der Waals surface area contributed by atoms with Crippen LogP contribution in [0.4, 0.5) is 4.39 Å². The molecule has 0 spiro atoms. The van der Waals surface area contributed by atoms with Gasteiger partial charge in [0.1, 0.15) is 5.82 Å². The number of hydrogen-bond donors (Lipinski definition) is 1. The number of aryl methyl sites for hydroxylation is 1. The molecule has 1 aromatic rings. The number of nitrogens with one attached hydrogen (secondary N) is 1. The van der Waals surface area contributed by atoms with Crippen LogP contribution in [-0.4, -0.2) is 6.54 Å². The summed E-state index contributed by atoms with van der Waals surface area (Å²) in [7, 11) is 0. The highest BCUT2D eigenvalue weighted by atomic mass is 19.1. The number of hydrogen-bond acceptors (Lipinski definition) is 1. The predicted octanol–water partition coefficient (Wildman–Crippen LogP) is 2.64. The molecule has 0 radical (unpaired) electrons. The van der Waals surface area contributed by atoms with Gasteiger partial charge in [0.05, 0.1) is 0 Å². The van der Waals surface area contributed by atoms with Crippen LogP contribution in [0.25, 0.3) is 0 Å². The van der Waals surface area contributed by atoms with Gasteiger partial charge in [0.2, 0.25) is 0 Å². The van der Waals surface area contributed by atoms with E-state index in [1.54, 1.807) is 13.0 Å². The summed E-state index contributed by atoms with van der Waals surface area (Å²) in [5, 5.41) is 3.26. The van der Waals surface area contributed by atoms with E-state index < -0.39 is 0 Å². The SMILES string of the molecule is CC#CCCNCc1ccc(F)c(C)c1. The lowest BCUT2D eigenvalue weighted by atomic mass is 10.1. The average Bonchev–Trinajstić information content (AvgIpc) is 2.23. The van der Waals surface area contributed by atoms with Gasteiger partial charge in [0.25, 0.3) is 0 Å². The van der Waals surface area contributed by atoms with Gasteiger partial charge < -0.3 is 5.32 Å². The van der Waals surface area contributed by atoms with Crippen molar-refractivity contribution in [1.82, 2.24) is 5.32 Å². The molecule has 0 saturated heterocycles. The minimum absolute atomic E-state index is 0.143. The molecular formula is C13H16FN. The molecule has 0 bridgehead atoms. The first kappa shape index (κ1) is 11.7. The molecular weight excluding hydrogens is 189 g/mol. The zero-order chi connectivity index (χ0) is 11.1. The van der Waals surface area contributed by atoms with Crippen molar-refractivity contribution in [2.75, 3.05) is 6.54 Å². The van der Waals surface area contributed by atoms with E-state index in [0.29, 0.717) is 5.56 Å². The molecule has 0 aromatic heterocycles. The van der Waals surface area contributed by atoms with Crippen LogP contribution >= 0.6 is 0 Å². The summed E-state index contributed by atoms with van der Waals surface area (Å²) in [5.41, 5.74) is 1.81. The first-order valence-corrected chi connectivity index (χ1v) is 5.09. The molecule has 0 aliphatic heterocycles. The molecule has 15 heavy (non-hydrogen) atoms. The van der Waals surface area contributed by atoms with Crippen LogP contribution in [0.5, 0.6) is 0 Å². The van der Waals surface area contributed by atoms with Gasteiger partial charge >= 0.3 is 0 Å². The van der Waals surface area contributed by atoms with Crippen LogP contribution in [0, 0.1) is 24.6 Å². The van der Waals surface area contributed by atoms with E-state index in [-0.39, 0.29) is 5.82 Å². The molecule has 1 N–H and O–H groups in total. The van der Waals surface area contributed by atoms with Gasteiger partial charge in [-0.2, -0.15) is 0 Å². The second-order valence-corrected chi connectivity index (χ2v) is 3.44. The summed E-state index contributed by atoms with van der Waals surface area (Å²) in [6.07, 6.45) is 0.858. The van der Waals surface area contributed by atoms with Gasteiger partial charge in [-0.1, -0.05) is 12.1 Å². The molecule has 0 heterocycles. The summed E-state index contributed by atoms with van der Waals surface area (Å²) < 4.78 is 12.9. The molecule has 0 amide bonds. The van der Waals surface area contributed by atoms with Gasteiger partial charge in [0.15, 0.2) is 0 Å². The van der Waals surface area contributed by atoms with E-state index in [0.717, 1.165) is 25.1 Å². The first-order valence-electron chi connectivity index (χ1n) is 5.09. The lowest BCUT2D eigenvalue weighted by Crippen LogP contribution is -2.14. The molecule has 1 aromatic carbocycles. The average molecular weight is 205 g/mol. The van der Waals surface area contributed by atoms with Crippen molar-refractivity contribution in [1.29, 1.82) is 0 Å². The van der Waals surface area contributed by atoms with E-state index in [9.17, 15) is 4.39 Å². The quantitative estimate of drug-likeness (QED) is 0.588. The molecule has 80 valence electrons. The minimum atomic E-state index is -0.143. The number of halogens is 1. The normalized spacial score (nSPS) is 9.53. The monoisotopic (exact) mass is 205 g/mol. The van der Waals surface area contributed by atoms with Gasteiger partial charge in [-0.15, -0.1) is 11.8 Å². The van der Waals surface area contributed by atoms with Gasteiger partial charge in [0, 0.05) is 19.5 Å². The Balaban J connectivity index is 2.36. The van der Waals surface area contributed by atoms with E-state index in [1.165, 1.54) is 6.07 Å². The standard InChI is InChI=1S/C13H16FN/c1-3-4-5-8-15-10-12-6-7-13(14)11(2)9-12/h6-7,9,15H,5,8,10H2,1-2H3. The molecule has 2 heteroatoms. The third-order valence-corrected chi connectivity index (χ3v) is 2.16. The highest BCUT2D eigenvalue weighted by Crippen LogP contribution is 2.08. The Kier molecular flexibility index (Phi) is 4.86. The van der Waals surface area contributed by atoms with Gasteiger partial charge in [-0.3, -0.25) is 0 Å². The molecule has 0 unspecified atom stereocenters. The van der Waals surface area contributed by atoms with Crippen molar-refractivity contribution in [2.24, 2.45) is 0 Å². The van der Waals surface area contributed by atoms with E-state index in [4.69, 9.17) is 0 Å². The molecule has 0 aliphatic carbocycles. The lowest BCUT2D eigenvalue weighted by molar-refractivity contribution is 0.615. The van der Waals surface area contributed by atoms with Crippen LogP contribution in [0.1, 0.15) is 24.5 Å². The highest BCUT2D eigenvalue weighted by Gasteiger charge is 1.97. The maximum absolute atomic E-state index is 12.9.